The van der Waals surface area contributed by atoms with Gasteiger partial charge in [0.1, 0.15) is 5.82 Å². The van der Waals surface area contributed by atoms with Crippen LogP contribution in [0.2, 0.25) is 5.02 Å². The molecule has 1 rings (SSSR count). The number of amides is 2. The molecule has 1 aromatic carbocycles. The van der Waals surface area contributed by atoms with Crippen molar-refractivity contribution < 1.29 is 14.0 Å². The number of carbonyl (C=O) groups is 2. The second kappa shape index (κ2) is 5.60. The van der Waals surface area contributed by atoms with Crippen LogP contribution in [0.4, 0.5) is 10.1 Å². The zero-order valence-corrected chi connectivity index (χ0v) is 9.50. The topological polar surface area (TPSA) is 98.2 Å². The monoisotopic (exact) mass is 259 g/mol. The van der Waals surface area contributed by atoms with E-state index in [-0.39, 0.29) is 17.1 Å². The average Bonchev–Trinajstić information content (AvgIpc) is 2.22. The van der Waals surface area contributed by atoms with Crippen molar-refractivity contribution in [1.29, 1.82) is 0 Å². The normalized spacial score (nSPS) is 11.9. The van der Waals surface area contributed by atoms with Crippen molar-refractivity contribution >= 4 is 29.1 Å². The Balaban J connectivity index is 2.78. The first-order valence-corrected chi connectivity index (χ1v) is 5.08. The standard InChI is InChI=1S/C10H11ClFN3O2/c11-5-2-1-3-6(12)9(5)15-10(17)7(13)4-8(14)16/h1-3,7H,4,13H2,(H2,14,16)(H,15,17). The van der Waals surface area contributed by atoms with E-state index in [0.717, 1.165) is 6.07 Å². The number of hydrogen-bond donors (Lipinski definition) is 3. The van der Waals surface area contributed by atoms with Crippen LogP contribution in [-0.2, 0) is 9.59 Å². The number of carbonyl (C=O) groups excluding carboxylic acids is 2. The fourth-order valence-corrected chi connectivity index (χ4v) is 1.35. The number of primary amides is 1. The van der Waals surface area contributed by atoms with Gasteiger partial charge in [-0.15, -0.1) is 0 Å². The molecule has 92 valence electrons. The van der Waals surface area contributed by atoms with E-state index in [9.17, 15) is 14.0 Å². The number of halogens is 2. The molecule has 0 aliphatic rings. The highest BCUT2D eigenvalue weighted by Crippen LogP contribution is 2.24. The van der Waals surface area contributed by atoms with Crippen LogP contribution in [0.25, 0.3) is 0 Å². The van der Waals surface area contributed by atoms with Gasteiger partial charge in [-0.1, -0.05) is 17.7 Å². The van der Waals surface area contributed by atoms with Crippen molar-refractivity contribution in [2.24, 2.45) is 11.5 Å². The van der Waals surface area contributed by atoms with E-state index in [1.807, 2.05) is 0 Å². The maximum Gasteiger partial charge on any atom is 0.241 e. The molecule has 0 aromatic heterocycles. The molecule has 0 fully saturated rings. The Morgan fingerprint density at radius 2 is 2.12 bits per heavy atom. The van der Waals surface area contributed by atoms with E-state index in [4.69, 9.17) is 23.1 Å². The summed E-state index contributed by atoms with van der Waals surface area (Å²) in [4.78, 5) is 22.0. The van der Waals surface area contributed by atoms with Gasteiger partial charge in [-0.05, 0) is 12.1 Å². The first-order valence-electron chi connectivity index (χ1n) is 4.70. The van der Waals surface area contributed by atoms with E-state index >= 15 is 0 Å². The molecular formula is C10H11ClFN3O2. The zero-order valence-electron chi connectivity index (χ0n) is 8.74. The lowest BCUT2D eigenvalue weighted by Crippen LogP contribution is -2.39. The van der Waals surface area contributed by atoms with E-state index in [1.54, 1.807) is 0 Å². The van der Waals surface area contributed by atoms with E-state index in [1.165, 1.54) is 12.1 Å². The second-order valence-corrected chi connectivity index (χ2v) is 3.77. The Morgan fingerprint density at radius 1 is 1.47 bits per heavy atom. The molecule has 0 aliphatic carbocycles. The lowest BCUT2D eigenvalue weighted by Gasteiger charge is -2.12. The van der Waals surface area contributed by atoms with Crippen LogP contribution >= 0.6 is 11.6 Å². The number of hydrogen-bond acceptors (Lipinski definition) is 3. The minimum atomic E-state index is -1.14. The molecule has 0 spiro atoms. The van der Waals surface area contributed by atoms with Crippen LogP contribution in [0.3, 0.4) is 0 Å². The highest BCUT2D eigenvalue weighted by Gasteiger charge is 2.18. The predicted octanol–water partition coefficient (Wildman–Crippen LogP) is 0.620. The van der Waals surface area contributed by atoms with Gasteiger partial charge in [-0.3, -0.25) is 9.59 Å². The maximum atomic E-state index is 13.3. The molecule has 0 saturated carbocycles. The lowest BCUT2D eigenvalue weighted by atomic mass is 10.2. The molecule has 0 heterocycles. The van der Waals surface area contributed by atoms with Gasteiger partial charge in [0.15, 0.2) is 0 Å². The van der Waals surface area contributed by atoms with E-state index in [0.29, 0.717) is 0 Å². The van der Waals surface area contributed by atoms with Gasteiger partial charge < -0.3 is 16.8 Å². The molecule has 0 radical (unpaired) electrons. The molecule has 0 aliphatic heterocycles. The molecule has 5 N–H and O–H groups in total. The predicted molar refractivity (Wildman–Crippen MR) is 61.8 cm³/mol. The van der Waals surface area contributed by atoms with Gasteiger partial charge in [0.25, 0.3) is 0 Å². The van der Waals surface area contributed by atoms with Crippen molar-refractivity contribution in [3.8, 4) is 0 Å². The second-order valence-electron chi connectivity index (χ2n) is 3.36. The molecular weight excluding hydrogens is 249 g/mol. The Kier molecular flexibility index (Phi) is 4.42. The molecule has 0 saturated heterocycles. The molecule has 0 bridgehead atoms. The molecule has 1 aromatic rings. The highest BCUT2D eigenvalue weighted by atomic mass is 35.5. The Hall–Kier alpha value is -1.66. The summed E-state index contributed by atoms with van der Waals surface area (Å²) in [5.74, 6) is -2.12. The number of nitrogens with two attached hydrogens (primary N) is 2. The number of rotatable bonds is 4. The number of anilines is 1. The van der Waals surface area contributed by atoms with Crippen LogP contribution in [0.15, 0.2) is 18.2 Å². The fraction of sp³-hybridized carbons (Fsp3) is 0.200. The van der Waals surface area contributed by atoms with Crippen molar-refractivity contribution in [2.45, 2.75) is 12.5 Å². The van der Waals surface area contributed by atoms with Crippen LogP contribution in [0, 0.1) is 5.82 Å². The summed E-state index contributed by atoms with van der Waals surface area (Å²) < 4.78 is 13.3. The Labute approximate surface area is 102 Å². The van der Waals surface area contributed by atoms with Crippen LogP contribution in [0.1, 0.15) is 6.42 Å². The number of benzene rings is 1. The Morgan fingerprint density at radius 3 is 2.65 bits per heavy atom. The zero-order chi connectivity index (χ0) is 13.0. The first kappa shape index (κ1) is 13.4. The molecule has 2 amide bonds. The van der Waals surface area contributed by atoms with Crippen molar-refractivity contribution in [3.63, 3.8) is 0 Å². The summed E-state index contributed by atoms with van der Waals surface area (Å²) in [6.07, 6.45) is -0.322. The average molecular weight is 260 g/mol. The molecule has 1 atom stereocenters. The summed E-state index contributed by atoms with van der Waals surface area (Å²) >= 11 is 5.70. The smallest absolute Gasteiger partial charge is 0.241 e. The molecule has 7 heteroatoms. The van der Waals surface area contributed by atoms with Gasteiger partial charge >= 0.3 is 0 Å². The first-order chi connectivity index (χ1) is 7.91. The largest absolute Gasteiger partial charge is 0.370 e. The Bertz CT molecular complexity index is 433. The minimum absolute atomic E-state index is 0.0459. The van der Waals surface area contributed by atoms with Crippen LogP contribution in [-0.4, -0.2) is 17.9 Å². The third kappa shape index (κ3) is 3.69. The van der Waals surface area contributed by atoms with Gasteiger partial charge in [0, 0.05) is 0 Å². The summed E-state index contributed by atoms with van der Waals surface area (Å²) in [5, 5.41) is 2.25. The fourth-order valence-electron chi connectivity index (χ4n) is 1.14. The van der Waals surface area contributed by atoms with Crippen LogP contribution in [0.5, 0.6) is 0 Å². The van der Waals surface area contributed by atoms with E-state index in [2.05, 4.69) is 5.32 Å². The van der Waals surface area contributed by atoms with Gasteiger partial charge in [0.2, 0.25) is 11.8 Å². The maximum absolute atomic E-state index is 13.3. The third-order valence-corrected chi connectivity index (χ3v) is 2.28. The SMILES string of the molecule is NC(=O)CC(N)C(=O)Nc1c(F)cccc1Cl. The van der Waals surface area contributed by atoms with Crippen molar-refractivity contribution in [3.05, 3.63) is 29.0 Å². The summed E-state index contributed by atoms with van der Waals surface area (Å²) in [7, 11) is 0. The third-order valence-electron chi connectivity index (χ3n) is 1.97. The highest BCUT2D eigenvalue weighted by molar-refractivity contribution is 6.33. The van der Waals surface area contributed by atoms with Crippen molar-refractivity contribution in [1.82, 2.24) is 0 Å². The minimum Gasteiger partial charge on any atom is -0.370 e. The van der Waals surface area contributed by atoms with Crippen LogP contribution < -0.4 is 16.8 Å². The lowest BCUT2D eigenvalue weighted by molar-refractivity contribution is -0.123. The number of nitrogens with one attached hydrogen (secondary N) is 1. The summed E-state index contributed by atoms with van der Waals surface area (Å²) in [5.41, 5.74) is 10.1. The van der Waals surface area contributed by atoms with Crippen molar-refractivity contribution in [2.75, 3.05) is 5.32 Å². The molecule has 1 unspecified atom stereocenters. The molecule has 5 nitrogen and oxygen atoms in total. The molecule has 17 heavy (non-hydrogen) atoms. The van der Waals surface area contributed by atoms with E-state index < -0.39 is 23.7 Å². The van der Waals surface area contributed by atoms with Gasteiger partial charge in [0.05, 0.1) is 23.2 Å². The number of para-hydroxylation sites is 1. The van der Waals surface area contributed by atoms with Gasteiger partial charge in [-0.25, -0.2) is 4.39 Å². The quantitative estimate of drug-likeness (QED) is 0.739. The summed E-state index contributed by atoms with van der Waals surface area (Å²) in [6, 6.07) is 2.82. The van der Waals surface area contributed by atoms with Gasteiger partial charge in [-0.2, -0.15) is 0 Å². The summed E-state index contributed by atoms with van der Waals surface area (Å²) in [6.45, 7) is 0.